The Balaban J connectivity index is 2.09. The van der Waals surface area contributed by atoms with Crippen molar-refractivity contribution >= 4 is 33.2 Å². The molecule has 0 saturated heterocycles. The average molecular weight is 581 g/mol. The lowest BCUT2D eigenvalue weighted by atomic mass is 10.0. The number of aryl methyl sites for hydroxylation is 1. The van der Waals surface area contributed by atoms with Gasteiger partial charge in [0.1, 0.15) is 12.6 Å². The normalized spacial score (nSPS) is 12.7. The number of nitrogens with zero attached hydrogens (tertiary/aromatic N) is 3. The molecule has 0 heterocycles. The molecule has 0 spiro atoms. The summed E-state index contributed by atoms with van der Waals surface area (Å²) in [6, 6.07) is 20.8. The third-order valence-corrected chi connectivity index (χ3v) is 8.02. The van der Waals surface area contributed by atoms with Gasteiger partial charge in [-0.05, 0) is 43.0 Å². The van der Waals surface area contributed by atoms with E-state index in [1.165, 1.54) is 23.1 Å². The van der Waals surface area contributed by atoms with E-state index >= 15 is 0 Å². The van der Waals surface area contributed by atoms with Crippen LogP contribution in [0.1, 0.15) is 37.0 Å². The summed E-state index contributed by atoms with van der Waals surface area (Å²) in [6.07, 6.45) is 1.82. The molecule has 0 aliphatic heterocycles. The highest BCUT2D eigenvalue weighted by Crippen LogP contribution is 2.24. The fourth-order valence-electron chi connectivity index (χ4n) is 4.34. The summed E-state index contributed by atoms with van der Waals surface area (Å²) in [5.41, 5.74) is 2.21. The summed E-state index contributed by atoms with van der Waals surface area (Å²) >= 11 is 0. The number of non-ortho nitro benzene ring substituents is 1. The third kappa shape index (κ3) is 8.62. The fourth-order valence-corrected chi connectivity index (χ4v) is 5.18. The van der Waals surface area contributed by atoms with Crippen molar-refractivity contribution in [3.05, 3.63) is 106 Å². The zero-order valence-electron chi connectivity index (χ0n) is 23.7. The first-order valence-corrected chi connectivity index (χ1v) is 15.2. The van der Waals surface area contributed by atoms with Crippen LogP contribution < -0.4 is 9.62 Å². The topological polar surface area (TPSA) is 130 Å². The number of sulfonamides is 1. The van der Waals surface area contributed by atoms with Crippen LogP contribution in [-0.4, -0.2) is 54.9 Å². The largest absolute Gasteiger partial charge is 0.352 e. The number of anilines is 1. The van der Waals surface area contributed by atoms with Crippen LogP contribution in [0.4, 0.5) is 11.4 Å². The van der Waals surface area contributed by atoms with Crippen LogP contribution in [0.15, 0.2) is 78.9 Å². The first-order valence-electron chi connectivity index (χ1n) is 13.3. The zero-order valence-corrected chi connectivity index (χ0v) is 24.5. The van der Waals surface area contributed by atoms with Crippen LogP contribution in [0.3, 0.4) is 0 Å². The van der Waals surface area contributed by atoms with Gasteiger partial charge in [-0.3, -0.25) is 24.0 Å². The van der Waals surface area contributed by atoms with E-state index in [9.17, 15) is 28.1 Å². The first-order chi connectivity index (χ1) is 19.4. The van der Waals surface area contributed by atoms with Crippen molar-refractivity contribution in [2.24, 2.45) is 0 Å². The second-order valence-corrected chi connectivity index (χ2v) is 11.9. The van der Waals surface area contributed by atoms with E-state index in [-0.39, 0.29) is 36.3 Å². The molecule has 2 amide bonds. The summed E-state index contributed by atoms with van der Waals surface area (Å²) in [5.74, 6) is -0.975. The number of carbonyl (C=O) groups excluding carboxylic acids is 2. The van der Waals surface area contributed by atoms with Crippen molar-refractivity contribution in [2.45, 2.75) is 52.2 Å². The lowest BCUT2D eigenvalue weighted by Crippen LogP contribution is -2.54. The molecular weight excluding hydrogens is 544 g/mol. The maximum atomic E-state index is 14.1. The van der Waals surface area contributed by atoms with Gasteiger partial charge in [-0.25, -0.2) is 8.42 Å². The molecule has 3 aromatic rings. The Kier molecular flexibility index (Phi) is 10.6. The Hall–Kier alpha value is -4.25. The fraction of sp³-hybridized carbons (Fsp3) is 0.333. The Labute approximate surface area is 241 Å². The number of hydrogen-bond donors (Lipinski definition) is 1. The Bertz CT molecular complexity index is 1480. The molecule has 10 nitrogen and oxygen atoms in total. The monoisotopic (exact) mass is 580 g/mol. The van der Waals surface area contributed by atoms with E-state index in [4.69, 9.17) is 0 Å². The van der Waals surface area contributed by atoms with Crippen molar-refractivity contribution in [1.82, 2.24) is 10.2 Å². The Morgan fingerprint density at radius 3 is 2.27 bits per heavy atom. The Morgan fingerprint density at radius 1 is 1.00 bits per heavy atom. The predicted molar refractivity (Wildman–Crippen MR) is 159 cm³/mol. The minimum absolute atomic E-state index is 0.0189. The number of hydrogen-bond acceptors (Lipinski definition) is 6. The van der Waals surface area contributed by atoms with Crippen LogP contribution in [0.25, 0.3) is 0 Å². The van der Waals surface area contributed by atoms with Crippen LogP contribution in [0.5, 0.6) is 0 Å². The van der Waals surface area contributed by atoms with Gasteiger partial charge >= 0.3 is 0 Å². The van der Waals surface area contributed by atoms with Gasteiger partial charge in [0.15, 0.2) is 0 Å². The number of carbonyl (C=O) groups is 2. The van der Waals surface area contributed by atoms with Crippen LogP contribution in [0, 0.1) is 17.0 Å². The molecule has 0 aromatic heterocycles. The van der Waals surface area contributed by atoms with Gasteiger partial charge in [0, 0.05) is 31.1 Å². The number of nitro benzene ring substituents is 1. The van der Waals surface area contributed by atoms with Crippen molar-refractivity contribution in [3.63, 3.8) is 0 Å². The second-order valence-electron chi connectivity index (χ2n) is 10.0. The maximum absolute atomic E-state index is 14.1. The number of amides is 2. The van der Waals surface area contributed by atoms with Crippen LogP contribution in [0.2, 0.25) is 0 Å². The molecule has 0 unspecified atom stereocenters. The number of nitrogens with one attached hydrogen (secondary N) is 1. The highest BCUT2D eigenvalue weighted by molar-refractivity contribution is 7.92. The minimum atomic E-state index is -4.04. The summed E-state index contributed by atoms with van der Waals surface area (Å²) < 4.78 is 26.6. The van der Waals surface area contributed by atoms with E-state index < -0.39 is 33.4 Å². The van der Waals surface area contributed by atoms with Crippen molar-refractivity contribution in [3.8, 4) is 0 Å². The third-order valence-electron chi connectivity index (χ3n) is 6.88. The molecule has 0 aliphatic rings. The molecular formula is C30H36N4O6S. The maximum Gasteiger partial charge on any atom is 0.271 e. The highest BCUT2D eigenvalue weighted by Gasteiger charge is 2.34. The van der Waals surface area contributed by atoms with E-state index in [1.54, 1.807) is 0 Å². The van der Waals surface area contributed by atoms with Crippen molar-refractivity contribution in [2.75, 3.05) is 17.1 Å². The SMILES string of the molecule is CC[C@H](C)NC(=O)[C@H](Cc1ccccc1)N(Cc1ccccc1C)C(=O)CN(c1cccc([N+](=O)[O-])c1)S(C)(=O)=O. The van der Waals surface area contributed by atoms with E-state index in [1.807, 2.05) is 75.4 Å². The number of nitro groups is 1. The summed E-state index contributed by atoms with van der Waals surface area (Å²) in [6.45, 7) is 5.13. The molecule has 1 N–H and O–H groups in total. The smallest absolute Gasteiger partial charge is 0.271 e. The number of benzene rings is 3. The summed E-state index contributed by atoms with van der Waals surface area (Å²) in [4.78, 5) is 39.9. The summed E-state index contributed by atoms with van der Waals surface area (Å²) in [7, 11) is -4.04. The molecule has 0 aliphatic carbocycles. The van der Waals surface area contributed by atoms with Gasteiger partial charge in [-0.1, -0.05) is 67.6 Å². The van der Waals surface area contributed by atoms with Gasteiger partial charge in [0.05, 0.1) is 16.9 Å². The van der Waals surface area contributed by atoms with E-state index in [0.717, 1.165) is 33.3 Å². The molecule has 41 heavy (non-hydrogen) atoms. The van der Waals surface area contributed by atoms with Gasteiger partial charge < -0.3 is 10.2 Å². The number of rotatable bonds is 13. The average Bonchev–Trinajstić information content (AvgIpc) is 2.94. The lowest BCUT2D eigenvalue weighted by molar-refractivity contribution is -0.384. The van der Waals surface area contributed by atoms with Crippen LogP contribution >= 0.6 is 0 Å². The van der Waals surface area contributed by atoms with Gasteiger partial charge in [-0.2, -0.15) is 0 Å². The molecule has 11 heteroatoms. The van der Waals surface area contributed by atoms with Crippen LogP contribution in [-0.2, 0) is 32.6 Å². The predicted octanol–water partition coefficient (Wildman–Crippen LogP) is 4.22. The molecule has 0 fully saturated rings. The second kappa shape index (κ2) is 13.9. The molecule has 218 valence electrons. The minimum Gasteiger partial charge on any atom is -0.352 e. The molecule has 0 bridgehead atoms. The van der Waals surface area contributed by atoms with Gasteiger partial charge in [0.25, 0.3) is 5.69 Å². The highest BCUT2D eigenvalue weighted by atomic mass is 32.2. The standard InChI is InChI=1S/C30H36N4O6S/c1-5-23(3)31-30(36)28(18-24-13-7-6-8-14-24)32(20-25-15-10-9-12-22(25)2)29(35)21-33(41(4,39)40)26-16-11-17-27(19-26)34(37)38/h6-17,19,23,28H,5,18,20-21H2,1-4H3,(H,31,36)/t23-,28-/m0/s1. The quantitative estimate of drug-likeness (QED) is 0.238. The molecule has 3 rings (SSSR count). The van der Waals surface area contributed by atoms with Gasteiger partial charge in [-0.15, -0.1) is 0 Å². The summed E-state index contributed by atoms with van der Waals surface area (Å²) in [5, 5.41) is 14.3. The lowest BCUT2D eigenvalue weighted by Gasteiger charge is -2.34. The van der Waals surface area contributed by atoms with Crippen molar-refractivity contribution < 1.29 is 22.9 Å². The first kappa shape index (κ1) is 31.3. The van der Waals surface area contributed by atoms with E-state index in [0.29, 0.717) is 6.42 Å². The van der Waals surface area contributed by atoms with Crippen molar-refractivity contribution in [1.29, 1.82) is 0 Å². The van der Waals surface area contributed by atoms with E-state index in [2.05, 4.69) is 5.32 Å². The molecule has 3 aromatic carbocycles. The Morgan fingerprint density at radius 2 is 1.66 bits per heavy atom. The zero-order chi connectivity index (χ0) is 30.2. The molecule has 2 atom stereocenters. The molecule has 0 saturated carbocycles. The van der Waals surface area contributed by atoms with Gasteiger partial charge in [0.2, 0.25) is 21.8 Å². The molecule has 0 radical (unpaired) electrons.